The molecule has 0 radical (unpaired) electrons. The fraction of sp³-hybridized carbons (Fsp3) is 0.0952. The molecule has 0 N–H and O–H groups in total. The third-order valence-corrected chi connectivity index (χ3v) is 6.73. The van der Waals surface area contributed by atoms with Gasteiger partial charge in [-0.25, -0.2) is 13.4 Å². The minimum atomic E-state index is -3.85. The van der Waals surface area contributed by atoms with Crippen molar-refractivity contribution < 1.29 is 17.6 Å². The molecule has 4 aromatic rings. The molecule has 0 unspecified atom stereocenters. The number of pyridine rings is 1. The summed E-state index contributed by atoms with van der Waals surface area (Å²) in [4.78, 5) is 8.46. The first-order valence-electron chi connectivity index (χ1n) is 9.05. The van der Waals surface area contributed by atoms with E-state index in [1.54, 1.807) is 6.20 Å². The van der Waals surface area contributed by atoms with Gasteiger partial charge in [-0.1, -0.05) is 6.07 Å². The van der Waals surface area contributed by atoms with E-state index in [1.165, 1.54) is 41.2 Å². The van der Waals surface area contributed by atoms with Crippen molar-refractivity contribution in [1.29, 1.82) is 5.26 Å². The van der Waals surface area contributed by atoms with Gasteiger partial charge in [-0.2, -0.15) is 5.26 Å². The highest BCUT2D eigenvalue weighted by Crippen LogP contribution is 2.42. The second-order valence-corrected chi connectivity index (χ2v) is 8.49. The average Bonchev–Trinajstić information content (AvgIpc) is 3.26. The first kappa shape index (κ1) is 18.1. The monoisotopic (exact) mass is 418 g/mol. The summed E-state index contributed by atoms with van der Waals surface area (Å²) in [7, 11) is -3.85. The lowest BCUT2D eigenvalue weighted by Crippen LogP contribution is -2.38. The Bertz CT molecular complexity index is 1410. The second-order valence-electron chi connectivity index (χ2n) is 6.63. The molecule has 0 spiro atoms. The summed E-state index contributed by atoms with van der Waals surface area (Å²) in [5.41, 5.74) is 3.53. The number of hydrogen-bond donors (Lipinski definition) is 0. The summed E-state index contributed by atoms with van der Waals surface area (Å²) >= 11 is 0. The molecule has 2 aromatic heterocycles. The summed E-state index contributed by atoms with van der Waals surface area (Å²) in [5, 5.41) is 8.96. The second kappa shape index (κ2) is 6.86. The molecule has 0 saturated heterocycles. The highest BCUT2D eigenvalue weighted by atomic mass is 32.2. The normalized spacial score (nSPS) is 13.5. The molecular formula is C21H14N4O4S. The molecule has 0 saturated carbocycles. The smallest absolute Gasteiger partial charge is 0.264 e. The van der Waals surface area contributed by atoms with Crippen LogP contribution in [0.15, 0.2) is 70.6 Å². The number of ether oxygens (including phenoxy) is 1. The van der Waals surface area contributed by atoms with Gasteiger partial charge in [-0.15, -0.1) is 0 Å². The summed E-state index contributed by atoms with van der Waals surface area (Å²) in [5.74, 6) is 0.437. The van der Waals surface area contributed by atoms with Crippen molar-refractivity contribution in [3.05, 3.63) is 66.8 Å². The molecule has 0 aliphatic carbocycles. The van der Waals surface area contributed by atoms with Crippen molar-refractivity contribution in [2.24, 2.45) is 0 Å². The van der Waals surface area contributed by atoms with Gasteiger partial charge in [0.15, 0.2) is 17.7 Å². The number of hydrogen-bond acceptors (Lipinski definition) is 7. The van der Waals surface area contributed by atoms with Crippen LogP contribution in [0.3, 0.4) is 0 Å². The van der Waals surface area contributed by atoms with Crippen molar-refractivity contribution >= 4 is 26.8 Å². The Morgan fingerprint density at radius 1 is 1.10 bits per heavy atom. The molecule has 9 heteroatoms. The average molecular weight is 418 g/mol. The number of fused-ring (bicyclic) bond motifs is 2. The van der Waals surface area contributed by atoms with Gasteiger partial charge in [0.25, 0.3) is 10.0 Å². The maximum absolute atomic E-state index is 13.3. The van der Waals surface area contributed by atoms with E-state index >= 15 is 0 Å². The molecule has 1 aliphatic rings. The number of benzene rings is 2. The van der Waals surface area contributed by atoms with E-state index < -0.39 is 10.0 Å². The van der Waals surface area contributed by atoms with Gasteiger partial charge in [-0.05, 0) is 42.0 Å². The predicted molar refractivity (Wildman–Crippen MR) is 108 cm³/mol. The van der Waals surface area contributed by atoms with Crippen LogP contribution >= 0.6 is 0 Å². The Labute approximate surface area is 172 Å². The largest absolute Gasteiger partial charge is 0.489 e. The Kier molecular flexibility index (Phi) is 4.15. The minimum absolute atomic E-state index is 0.0998. The van der Waals surface area contributed by atoms with Gasteiger partial charge in [0, 0.05) is 11.8 Å². The van der Waals surface area contributed by atoms with Crippen LogP contribution in [-0.2, 0) is 10.0 Å². The van der Waals surface area contributed by atoms with Crippen LogP contribution in [0, 0.1) is 11.3 Å². The summed E-state index contributed by atoms with van der Waals surface area (Å²) in [6, 6.07) is 13.3. The van der Waals surface area contributed by atoms with Gasteiger partial charge in [0.2, 0.25) is 0 Å². The Morgan fingerprint density at radius 3 is 2.73 bits per heavy atom. The van der Waals surface area contributed by atoms with Gasteiger partial charge in [-0.3, -0.25) is 9.29 Å². The summed E-state index contributed by atoms with van der Waals surface area (Å²) in [6.45, 7) is 0.353. The standard InChI is InChI=1S/C21H14N4O4S/c22-10-14-1-4-16(5-2-14)30(26,27)25-7-8-28-21-17(11-23-12-19(21)25)15-3-6-18-20(9-15)29-13-24-18/h1-6,9,11-13H,7-8H2. The van der Waals surface area contributed by atoms with Crippen molar-refractivity contribution in [1.82, 2.24) is 9.97 Å². The molecule has 0 atom stereocenters. The topological polar surface area (TPSA) is 109 Å². The van der Waals surface area contributed by atoms with Crippen molar-refractivity contribution in [3.8, 4) is 22.9 Å². The number of oxazole rings is 1. The molecule has 30 heavy (non-hydrogen) atoms. The van der Waals surface area contributed by atoms with Crippen molar-refractivity contribution in [2.45, 2.75) is 4.90 Å². The van der Waals surface area contributed by atoms with E-state index in [-0.39, 0.29) is 18.0 Å². The Hall–Kier alpha value is -3.90. The predicted octanol–water partition coefficient (Wildman–Crippen LogP) is 3.35. The van der Waals surface area contributed by atoms with E-state index in [2.05, 4.69) is 9.97 Å². The van der Waals surface area contributed by atoms with E-state index in [0.717, 1.165) is 11.1 Å². The highest BCUT2D eigenvalue weighted by Gasteiger charge is 2.32. The molecular weight excluding hydrogens is 404 g/mol. The number of sulfonamides is 1. The van der Waals surface area contributed by atoms with Crippen LogP contribution in [0.4, 0.5) is 5.69 Å². The molecule has 2 aromatic carbocycles. The fourth-order valence-electron chi connectivity index (χ4n) is 3.42. The molecule has 5 rings (SSSR count). The van der Waals surface area contributed by atoms with E-state index in [0.29, 0.717) is 28.1 Å². The number of anilines is 1. The maximum Gasteiger partial charge on any atom is 0.264 e. The van der Waals surface area contributed by atoms with E-state index in [4.69, 9.17) is 14.4 Å². The number of aromatic nitrogens is 2. The number of nitriles is 1. The number of nitrogens with zero attached hydrogens (tertiary/aromatic N) is 4. The van der Waals surface area contributed by atoms with E-state index in [9.17, 15) is 8.42 Å². The van der Waals surface area contributed by atoms with Crippen LogP contribution in [0.25, 0.3) is 22.2 Å². The van der Waals surface area contributed by atoms with Gasteiger partial charge < -0.3 is 9.15 Å². The third-order valence-electron chi connectivity index (χ3n) is 4.90. The SMILES string of the molecule is N#Cc1ccc(S(=O)(=O)N2CCOc3c(-c4ccc5ncoc5c4)cncc32)cc1. The van der Waals surface area contributed by atoms with Crippen LogP contribution in [0.1, 0.15) is 5.56 Å². The Morgan fingerprint density at radius 2 is 1.93 bits per heavy atom. The maximum atomic E-state index is 13.3. The molecule has 148 valence electrons. The van der Waals surface area contributed by atoms with Gasteiger partial charge >= 0.3 is 0 Å². The zero-order valence-corrected chi connectivity index (χ0v) is 16.3. The molecule has 8 nitrogen and oxygen atoms in total. The third kappa shape index (κ3) is 2.86. The molecule has 0 bridgehead atoms. The summed E-state index contributed by atoms with van der Waals surface area (Å²) < 4.78 is 39.1. The highest BCUT2D eigenvalue weighted by molar-refractivity contribution is 7.92. The van der Waals surface area contributed by atoms with Crippen LogP contribution < -0.4 is 9.04 Å². The molecule has 3 heterocycles. The van der Waals surface area contributed by atoms with Crippen LogP contribution in [0.5, 0.6) is 5.75 Å². The number of rotatable bonds is 3. The molecule has 0 fully saturated rings. The lowest BCUT2D eigenvalue weighted by Gasteiger charge is -2.31. The first-order chi connectivity index (χ1) is 14.6. The first-order valence-corrected chi connectivity index (χ1v) is 10.5. The van der Waals surface area contributed by atoms with Crippen molar-refractivity contribution in [2.75, 3.05) is 17.5 Å². The zero-order chi connectivity index (χ0) is 20.7. The Balaban J connectivity index is 1.61. The van der Waals surface area contributed by atoms with Crippen molar-refractivity contribution in [3.63, 3.8) is 0 Å². The van der Waals surface area contributed by atoms with Gasteiger partial charge in [0.05, 0.1) is 29.3 Å². The van der Waals surface area contributed by atoms with Crippen LogP contribution in [-0.4, -0.2) is 31.5 Å². The summed E-state index contributed by atoms with van der Waals surface area (Å²) in [6.07, 6.45) is 4.48. The quantitative estimate of drug-likeness (QED) is 0.502. The molecule has 1 aliphatic heterocycles. The fourth-order valence-corrected chi connectivity index (χ4v) is 4.86. The van der Waals surface area contributed by atoms with E-state index in [1.807, 2.05) is 24.3 Å². The minimum Gasteiger partial charge on any atom is -0.489 e. The zero-order valence-electron chi connectivity index (χ0n) is 15.5. The lowest BCUT2D eigenvalue weighted by molar-refractivity contribution is 0.316. The van der Waals surface area contributed by atoms with Crippen LogP contribution in [0.2, 0.25) is 0 Å². The van der Waals surface area contributed by atoms with Gasteiger partial charge in [0.1, 0.15) is 17.8 Å². The lowest BCUT2D eigenvalue weighted by atomic mass is 10.1. The molecule has 0 amide bonds.